The van der Waals surface area contributed by atoms with E-state index in [-0.39, 0.29) is 11.6 Å². The molecule has 0 aliphatic carbocycles. The van der Waals surface area contributed by atoms with Crippen LogP contribution in [0.4, 0.5) is 5.69 Å². The molecule has 0 fully saturated rings. The number of fused-ring (bicyclic) bond motifs is 1. The normalized spacial score (nSPS) is 12.0. The van der Waals surface area contributed by atoms with Gasteiger partial charge in [0, 0.05) is 17.1 Å². The maximum atomic E-state index is 12.2. The number of amides is 1. The number of carbonyl (C=O) groups excluding carboxylic acids is 2. The van der Waals surface area contributed by atoms with Gasteiger partial charge in [-0.05, 0) is 37.6 Å². The lowest BCUT2D eigenvalue weighted by atomic mass is 10.1. The molecule has 0 saturated carbocycles. The number of rotatable bonds is 5. The number of anilines is 1. The Morgan fingerprint density at radius 3 is 2.92 bits per heavy atom. The van der Waals surface area contributed by atoms with Gasteiger partial charge in [-0.2, -0.15) is 0 Å². The van der Waals surface area contributed by atoms with Crippen molar-refractivity contribution < 1.29 is 18.7 Å². The second kappa shape index (κ2) is 7.58. The van der Waals surface area contributed by atoms with Crippen molar-refractivity contribution in [3.05, 3.63) is 59.1 Å². The highest BCUT2D eigenvalue weighted by molar-refractivity contribution is 6.32. The average Bonchev–Trinajstić information content (AvgIpc) is 2.98. The fourth-order valence-corrected chi connectivity index (χ4v) is 2.66. The lowest BCUT2D eigenvalue weighted by Crippen LogP contribution is -2.30. The minimum Gasteiger partial charge on any atom is -0.464 e. The fraction of sp³-hybridized carbons (Fsp3) is 0.211. The summed E-state index contributed by atoms with van der Waals surface area (Å²) in [6, 6.07) is 9.00. The van der Waals surface area contributed by atoms with E-state index in [0.717, 1.165) is 10.9 Å². The Balaban J connectivity index is 1.61. The number of nitrogens with one attached hydrogen (secondary N) is 1. The fourth-order valence-electron chi connectivity index (χ4n) is 2.49. The Morgan fingerprint density at radius 2 is 2.15 bits per heavy atom. The van der Waals surface area contributed by atoms with Gasteiger partial charge in [0.2, 0.25) is 0 Å². The first-order valence-corrected chi connectivity index (χ1v) is 8.39. The number of halogens is 1. The zero-order chi connectivity index (χ0) is 18.7. The molecule has 7 heteroatoms. The van der Waals surface area contributed by atoms with Crippen molar-refractivity contribution >= 4 is 40.1 Å². The van der Waals surface area contributed by atoms with Crippen molar-refractivity contribution in [1.29, 1.82) is 0 Å². The number of hydrogen-bond donors (Lipinski definition) is 1. The highest BCUT2D eigenvalue weighted by atomic mass is 35.5. The van der Waals surface area contributed by atoms with E-state index in [0.29, 0.717) is 16.8 Å². The molecule has 1 N–H and O–H groups in total. The lowest BCUT2D eigenvalue weighted by Gasteiger charge is -2.13. The van der Waals surface area contributed by atoms with E-state index in [1.54, 1.807) is 12.1 Å². The molecule has 0 aliphatic heterocycles. The number of carbonyl (C=O) groups is 2. The topological polar surface area (TPSA) is 81.4 Å². The van der Waals surface area contributed by atoms with E-state index in [2.05, 4.69) is 10.3 Å². The van der Waals surface area contributed by atoms with Gasteiger partial charge in [0.15, 0.2) is 11.3 Å². The number of pyridine rings is 1. The molecule has 1 amide bonds. The van der Waals surface area contributed by atoms with Crippen LogP contribution in [0, 0.1) is 6.92 Å². The molecule has 26 heavy (non-hydrogen) atoms. The average molecular weight is 373 g/mol. The molecule has 0 spiro atoms. The standard InChI is InChI=1S/C19H17ClN2O4/c1-11-5-6-14-13(10-25-16(14)8-11)9-17(23)26-12(2)19(24)22-15-4-3-7-21-18(15)20/h3-8,10,12H,9H2,1-2H3,(H,22,24)/t12-/m1/s1. The van der Waals surface area contributed by atoms with Gasteiger partial charge in [0.25, 0.3) is 5.91 Å². The van der Waals surface area contributed by atoms with Crippen LogP contribution in [0.5, 0.6) is 0 Å². The Morgan fingerprint density at radius 1 is 1.35 bits per heavy atom. The minimum absolute atomic E-state index is 0.0152. The maximum Gasteiger partial charge on any atom is 0.311 e. The third kappa shape index (κ3) is 4.03. The number of furan rings is 1. The van der Waals surface area contributed by atoms with Crippen LogP contribution in [0.15, 0.2) is 47.2 Å². The third-order valence-corrected chi connectivity index (χ3v) is 4.14. The first kappa shape index (κ1) is 17.9. The van der Waals surface area contributed by atoms with Gasteiger partial charge in [-0.1, -0.05) is 23.7 Å². The Labute approximate surface area is 155 Å². The Bertz CT molecular complexity index is 967. The molecule has 6 nitrogen and oxygen atoms in total. The molecule has 134 valence electrons. The summed E-state index contributed by atoms with van der Waals surface area (Å²) < 4.78 is 10.7. The zero-order valence-electron chi connectivity index (χ0n) is 14.3. The number of hydrogen-bond acceptors (Lipinski definition) is 5. The van der Waals surface area contributed by atoms with Crippen molar-refractivity contribution in [2.75, 3.05) is 5.32 Å². The maximum absolute atomic E-state index is 12.2. The number of esters is 1. The van der Waals surface area contributed by atoms with E-state index >= 15 is 0 Å². The molecule has 1 atom stereocenters. The van der Waals surface area contributed by atoms with Crippen LogP contribution in [-0.4, -0.2) is 23.0 Å². The van der Waals surface area contributed by atoms with Gasteiger partial charge in [-0.15, -0.1) is 0 Å². The predicted molar refractivity (Wildman–Crippen MR) is 98.1 cm³/mol. The van der Waals surface area contributed by atoms with Gasteiger partial charge in [-0.25, -0.2) is 4.98 Å². The molecule has 0 aliphatic rings. The smallest absolute Gasteiger partial charge is 0.311 e. The molecule has 0 saturated heterocycles. The Hall–Kier alpha value is -2.86. The van der Waals surface area contributed by atoms with Crippen LogP contribution < -0.4 is 5.32 Å². The van der Waals surface area contributed by atoms with Crippen LogP contribution in [-0.2, 0) is 20.7 Å². The zero-order valence-corrected chi connectivity index (χ0v) is 15.0. The molecule has 2 aromatic heterocycles. The largest absolute Gasteiger partial charge is 0.464 e. The molecule has 0 bridgehead atoms. The van der Waals surface area contributed by atoms with Crippen LogP contribution in [0.3, 0.4) is 0 Å². The highest BCUT2D eigenvalue weighted by Crippen LogP contribution is 2.23. The summed E-state index contributed by atoms with van der Waals surface area (Å²) in [6.45, 7) is 3.46. The van der Waals surface area contributed by atoms with Crippen molar-refractivity contribution in [1.82, 2.24) is 4.98 Å². The van der Waals surface area contributed by atoms with Crippen molar-refractivity contribution in [2.24, 2.45) is 0 Å². The number of aromatic nitrogens is 1. The number of aryl methyl sites for hydroxylation is 1. The van der Waals surface area contributed by atoms with Crippen molar-refractivity contribution in [3.63, 3.8) is 0 Å². The van der Waals surface area contributed by atoms with Crippen molar-refractivity contribution in [3.8, 4) is 0 Å². The molecular weight excluding hydrogens is 356 g/mol. The molecule has 2 heterocycles. The molecule has 3 rings (SSSR count). The molecule has 0 unspecified atom stereocenters. The predicted octanol–water partition coefficient (Wildman–Crippen LogP) is 3.90. The van der Waals surface area contributed by atoms with Gasteiger partial charge in [0.05, 0.1) is 18.4 Å². The number of benzene rings is 1. The number of ether oxygens (including phenoxy) is 1. The summed E-state index contributed by atoms with van der Waals surface area (Å²) in [5.74, 6) is -1.01. The summed E-state index contributed by atoms with van der Waals surface area (Å²) in [7, 11) is 0. The molecule has 0 radical (unpaired) electrons. The second-order valence-electron chi connectivity index (χ2n) is 5.90. The quantitative estimate of drug-likeness (QED) is 0.542. The Kier molecular flexibility index (Phi) is 5.23. The van der Waals surface area contributed by atoms with Crippen LogP contribution in [0.2, 0.25) is 5.15 Å². The van der Waals surface area contributed by atoms with Gasteiger partial charge in [0.1, 0.15) is 5.58 Å². The summed E-state index contributed by atoms with van der Waals surface area (Å²) in [4.78, 5) is 28.2. The van der Waals surface area contributed by atoms with Crippen LogP contribution in [0.1, 0.15) is 18.1 Å². The van der Waals surface area contributed by atoms with E-state index in [1.807, 2.05) is 25.1 Å². The lowest BCUT2D eigenvalue weighted by molar-refractivity contribution is -0.152. The summed E-state index contributed by atoms with van der Waals surface area (Å²) >= 11 is 5.90. The summed E-state index contributed by atoms with van der Waals surface area (Å²) in [6.07, 6.45) is 2.09. The van der Waals surface area contributed by atoms with Gasteiger partial charge < -0.3 is 14.5 Å². The van der Waals surface area contributed by atoms with Crippen LogP contribution in [0.25, 0.3) is 11.0 Å². The summed E-state index contributed by atoms with van der Waals surface area (Å²) in [5.41, 5.74) is 2.86. The van der Waals surface area contributed by atoms with Gasteiger partial charge in [-0.3, -0.25) is 9.59 Å². The molecule has 1 aromatic carbocycles. The minimum atomic E-state index is -0.973. The first-order valence-electron chi connectivity index (χ1n) is 8.01. The van der Waals surface area contributed by atoms with E-state index in [9.17, 15) is 9.59 Å². The van der Waals surface area contributed by atoms with E-state index in [4.69, 9.17) is 20.8 Å². The highest BCUT2D eigenvalue weighted by Gasteiger charge is 2.20. The van der Waals surface area contributed by atoms with Gasteiger partial charge >= 0.3 is 5.97 Å². The van der Waals surface area contributed by atoms with E-state index < -0.39 is 18.0 Å². The third-order valence-electron chi connectivity index (χ3n) is 3.84. The monoisotopic (exact) mass is 372 g/mol. The van der Waals surface area contributed by atoms with E-state index in [1.165, 1.54) is 19.4 Å². The molecule has 3 aromatic rings. The number of nitrogens with zero attached hydrogens (tertiary/aromatic N) is 1. The van der Waals surface area contributed by atoms with Crippen LogP contribution >= 0.6 is 11.6 Å². The second-order valence-corrected chi connectivity index (χ2v) is 6.26. The SMILES string of the molecule is Cc1ccc2c(CC(=O)O[C@H](C)C(=O)Nc3cccnc3Cl)coc2c1. The summed E-state index contributed by atoms with van der Waals surface area (Å²) in [5, 5.41) is 3.60. The first-order chi connectivity index (χ1) is 12.4. The molecular formula is C19H17ClN2O4. The van der Waals surface area contributed by atoms with Crippen molar-refractivity contribution in [2.45, 2.75) is 26.4 Å².